The number of aryl methyl sites for hydroxylation is 1. The third-order valence-electron chi connectivity index (χ3n) is 5.62. The summed E-state index contributed by atoms with van der Waals surface area (Å²) in [6, 6.07) is 8.21. The summed E-state index contributed by atoms with van der Waals surface area (Å²) in [5.74, 6) is 0.863. The van der Waals surface area contributed by atoms with E-state index in [0.717, 1.165) is 64.2 Å². The number of likely N-dealkylation sites (tertiary alicyclic amines) is 1. The van der Waals surface area contributed by atoms with Gasteiger partial charge in [0.05, 0.1) is 24.5 Å². The molecule has 0 saturated carbocycles. The molecule has 4 aromatic heterocycles. The molecule has 0 aliphatic carbocycles. The lowest BCUT2D eigenvalue weighted by molar-refractivity contribution is 0.107. The Balaban J connectivity index is 1.25. The Morgan fingerprint density at radius 2 is 2.23 bits per heavy atom. The van der Waals surface area contributed by atoms with Crippen molar-refractivity contribution in [3.63, 3.8) is 0 Å². The number of anilines is 1. The molecule has 1 aliphatic heterocycles. The zero-order chi connectivity index (χ0) is 21.2. The summed E-state index contributed by atoms with van der Waals surface area (Å²) in [7, 11) is 1.79. The lowest BCUT2D eigenvalue weighted by Crippen LogP contribution is -2.22. The van der Waals surface area contributed by atoms with Gasteiger partial charge in [0, 0.05) is 44.2 Å². The van der Waals surface area contributed by atoms with Crippen molar-refractivity contribution < 1.29 is 4.74 Å². The molecule has 1 saturated heterocycles. The molecular formula is C22H25N7OS. The molecule has 1 atom stereocenters. The Hall–Kier alpha value is -2.88. The smallest absolute Gasteiger partial charge is 0.144 e. The highest BCUT2D eigenvalue weighted by Gasteiger charge is 2.21. The van der Waals surface area contributed by atoms with Crippen molar-refractivity contribution in [2.45, 2.75) is 32.5 Å². The fraction of sp³-hybridized carbons (Fsp3) is 0.364. The van der Waals surface area contributed by atoms with Crippen LogP contribution in [0, 0.1) is 6.92 Å². The van der Waals surface area contributed by atoms with E-state index in [1.165, 1.54) is 5.56 Å². The Morgan fingerprint density at radius 3 is 3.03 bits per heavy atom. The van der Waals surface area contributed by atoms with Crippen LogP contribution in [-0.4, -0.2) is 56.4 Å². The summed E-state index contributed by atoms with van der Waals surface area (Å²) in [4.78, 5) is 17.3. The monoisotopic (exact) mass is 435 g/mol. The number of nitrogens with one attached hydrogen (secondary N) is 2. The van der Waals surface area contributed by atoms with Gasteiger partial charge in [-0.15, -0.1) is 0 Å². The van der Waals surface area contributed by atoms with Crippen molar-refractivity contribution in [3.05, 3.63) is 52.9 Å². The summed E-state index contributed by atoms with van der Waals surface area (Å²) in [6.45, 7) is 5.59. The summed E-state index contributed by atoms with van der Waals surface area (Å²) in [6.07, 6.45) is 5.12. The van der Waals surface area contributed by atoms with Crippen LogP contribution in [0.4, 0.5) is 5.82 Å². The van der Waals surface area contributed by atoms with E-state index in [1.807, 2.05) is 31.5 Å². The second kappa shape index (κ2) is 8.70. The number of pyridine rings is 2. The minimum Gasteiger partial charge on any atom is -0.380 e. The molecule has 9 heteroatoms. The molecule has 5 rings (SSSR count). The van der Waals surface area contributed by atoms with Gasteiger partial charge >= 0.3 is 0 Å². The molecule has 0 spiro atoms. The number of rotatable bonds is 7. The highest BCUT2D eigenvalue weighted by molar-refractivity contribution is 7.18. The molecule has 160 valence electrons. The molecule has 4 aromatic rings. The van der Waals surface area contributed by atoms with Crippen molar-refractivity contribution in [1.29, 1.82) is 0 Å². The Morgan fingerprint density at radius 1 is 1.29 bits per heavy atom. The number of nitrogens with zero attached hydrogens (tertiary/aromatic N) is 5. The SMILES string of the molecule is CO[C@@H]1CCN(Cc2ccnc(NCc3nc4ccc(-c5cn[nH]c5C)nc4s3)c2)C1. The van der Waals surface area contributed by atoms with Gasteiger partial charge in [0.25, 0.3) is 0 Å². The fourth-order valence-corrected chi connectivity index (χ4v) is 4.80. The Bertz CT molecular complexity index is 1190. The van der Waals surface area contributed by atoms with Crippen LogP contribution < -0.4 is 5.32 Å². The first-order chi connectivity index (χ1) is 15.2. The van der Waals surface area contributed by atoms with E-state index in [-0.39, 0.29) is 0 Å². The van der Waals surface area contributed by atoms with Crippen molar-refractivity contribution >= 4 is 27.5 Å². The molecule has 5 heterocycles. The number of aromatic nitrogens is 5. The largest absolute Gasteiger partial charge is 0.380 e. The van der Waals surface area contributed by atoms with Crippen LogP contribution in [0.3, 0.4) is 0 Å². The number of methoxy groups -OCH3 is 1. The Kier molecular flexibility index (Phi) is 5.63. The zero-order valence-electron chi connectivity index (χ0n) is 17.6. The highest BCUT2D eigenvalue weighted by Crippen LogP contribution is 2.26. The van der Waals surface area contributed by atoms with E-state index >= 15 is 0 Å². The zero-order valence-corrected chi connectivity index (χ0v) is 18.4. The highest BCUT2D eigenvalue weighted by atomic mass is 32.1. The summed E-state index contributed by atoms with van der Waals surface area (Å²) in [5, 5.41) is 11.4. The molecular weight excluding hydrogens is 410 g/mol. The number of ether oxygens (including phenoxy) is 1. The molecule has 0 bridgehead atoms. The maximum absolute atomic E-state index is 5.47. The molecule has 8 nitrogen and oxygen atoms in total. The third kappa shape index (κ3) is 4.43. The third-order valence-corrected chi connectivity index (χ3v) is 6.58. The van der Waals surface area contributed by atoms with Gasteiger partial charge < -0.3 is 10.1 Å². The standard InChI is InChI=1S/C22H25N7OS/c1-14-17(10-25-28-14)18-3-4-19-22(27-18)31-21(26-19)11-24-20-9-15(5-7-23-20)12-29-8-6-16(13-29)30-2/h3-5,7,9-10,16H,6,8,11-13H2,1-2H3,(H,23,24)(H,25,28)/t16-/m1/s1. The van der Waals surface area contributed by atoms with Gasteiger partial charge in [0.1, 0.15) is 21.2 Å². The number of hydrogen-bond acceptors (Lipinski definition) is 8. The van der Waals surface area contributed by atoms with Gasteiger partial charge in [-0.1, -0.05) is 11.3 Å². The normalized spacial score (nSPS) is 16.9. The van der Waals surface area contributed by atoms with Gasteiger partial charge in [0.2, 0.25) is 0 Å². The number of thiazole rings is 1. The second-order valence-electron chi connectivity index (χ2n) is 7.82. The predicted molar refractivity (Wildman–Crippen MR) is 122 cm³/mol. The van der Waals surface area contributed by atoms with Crippen molar-refractivity contribution in [1.82, 2.24) is 30.0 Å². The van der Waals surface area contributed by atoms with Crippen LogP contribution in [0.15, 0.2) is 36.7 Å². The van der Waals surface area contributed by atoms with Crippen molar-refractivity contribution in [2.75, 3.05) is 25.5 Å². The maximum atomic E-state index is 5.47. The van der Waals surface area contributed by atoms with Crippen LogP contribution in [0.2, 0.25) is 0 Å². The number of aromatic amines is 1. The molecule has 31 heavy (non-hydrogen) atoms. The van der Waals surface area contributed by atoms with Crippen molar-refractivity contribution in [2.24, 2.45) is 0 Å². The lowest BCUT2D eigenvalue weighted by atomic mass is 10.2. The van der Waals surface area contributed by atoms with Gasteiger partial charge in [-0.2, -0.15) is 5.10 Å². The average Bonchev–Trinajstić information content (AvgIpc) is 3.51. The molecule has 0 radical (unpaired) electrons. The van der Waals surface area contributed by atoms with E-state index in [9.17, 15) is 0 Å². The number of fused-ring (bicyclic) bond motifs is 1. The summed E-state index contributed by atoms with van der Waals surface area (Å²) >= 11 is 1.60. The topological polar surface area (TPSA) is 91.9 Å². The number of hydrogen-bond donors (Lipinski definition) is 2. The van der Waals surface area contributed by atoms with Crippen LogP contribution >= 0.6 is 11.3 Å². The van der Waals surface area contributed by atoms with E-state index in [2.05, 4.69) is 37.5 Å². The predicted octanol–water partition coefficient (Wildman–Crippen LogP) is 3.62. The van der Waals surface area contributed by atoms with Gasteiger partial charge in [-0.05, 0) is 43.2 Å². The first kappa shape index (κ1) is 20.0. The van der Waals surface area contributed by atoms with Crippen LogP contribution in [0.25, 0.3) is 21.6 Å². The van der Waals surface area contributed by atoms with Crippen LogP contribution in [-0.2, 0) is 17.8 Å². The minimum atomic E-state index is 0.352. The second-order valence-corrected chi connectivity index (χ2v) is 8.88. The van der Waals surface area contributed by atoms with Gasteiger partial charge in [-0.3, -0.25) is 10.00 Å². The molecule has 1 fully saturated rings. The fourth-order valence-electron chi connectivity index (χ4n) is 3.92. The molecule has 2 N–H and O–H groups in total. The molecule has 0 amide bonds. The molecule has 0 unspecified atom stereocenters. The lowest BCUT2D eigenvalue weighted by Gasteiger charge is -2.16. The summed E-state index contributed by atoms with van der Waals surface area (Å²) in [5.41, 5.74) is 5.10. The van der Waals surface area contributed by atoms with Crippen LogP contribution in [0.5, 0.6) is 0 Å². The van der Waals surface area contributed by atoms with Gasteiger partial charge in [-0.25, -0.2) is 15.0 Å². The first-order valence-electron chi connectivity index (χ1n) is 10.4. The first-order valence-corrected chi connectivity index (χ1v) is 11.2. The van der Waals surface area contributed by atoms with E-state index in [0.29, 0.717) is 12.6 Å². The maximum Gasteiger partial charge on any atom is 0.144 e. The Labute approximate surface area is 184 Å². The molecule has 0 aromatic carbocycles. The molecule has 1 aliphatic rings. The average molecular weight is 436 g/mol. The van der Waals surface area contributed by atoms with Gasteiger partial charge in [0.15, 0.2) is 0 Å². The minimum absolute atomic E-state index is 0.352. The van der Waals surface area contributed by atoms with E-state index < -0.39 is 0 Å². The van der Waals surface area contributed by atoms with E-state index in [4.69, 9.17) is 14.7 Å². The quantitative estimate of drug-likeness (QED) is 0.458. The van der Waals surface area contributed by atoms with E-state index in [1.54, 1.807) is 18.4 Å². The summed E-state index contributed by atoms with van der Waals surface area (Å²) < 4.78 is 5.47. The van der Waals surface area contributed by atoms with Crippen LogP contribution in [0.1, 0.15) is 22.7 Å². The number of H-pyrrole nitrogens is 1. The van der Waals surface area contributed by atoms with Crippen molar-refractivity contribution in [3.8, 4) is 11.3 Å².